The zero-order chi connectivity index (χ0) is 17.0. The maximum Gasteiger partial charge on any atom is 0.257 e. The van der Waals surface area contributed by atoms with Gasteiger partial charge in [-0.2, -0.15) is 4.98 Å². The highest BCUT2D eigenvalue weighted by Gasteiger charge is 2.12. The average Bonchev–Trinajstić information content (AvgIpc) is 3.01. The normalized spacial score (nSPS) is 11.4. The van der Waals surface area contributed by atoms with Gasteiger partial charge in [0.05, 0.1) is 5.75 Å². The summed E-state index contributed by atoms with van der Waals surface area (Å²) >= 11 is 0. The second-order valence-electron chi connectivity index (χ2n) is 5.38. The molecule has 0 radical (unpaired) electrons. The number of nitrogens with zero attached hydrogens (tertiary/aromatic N) is 2. The van der Waals surface area contributed by atoms with Gasteiger partial charge in [-0.25, -0.2) is 8.42 Å². The van der Waals surface area contributed by atoms with Crippen molar-refractivity contribution in [3.63, 3.8) is 0 Å². The molecule has 0 fully saturated rings. The van der Waals surface area contributed by atoms with Crippen molar-refractivity contribution in [2.45, 2.75) is 13.3 Å². The van der Waals surface area contributed by atoms with E-state index in [2.05, 4.69) is 14.9 Å². The van der Waals surface area contributed by atoms with Crippen molar-refractivity contribution >= 4 is 15.7 Å². The summed E-state index contributed by atoms with van der Waals surface area (Å²) in [6.45, 7) is 1.74. The third-order valence-electron chi connectivity index (χ3n) is 3.44. The summed E-state index contributed by atoms with van der Waals surface area (Å²) < 4.78 is 32.0. The summed E-state index contributed by atoms with van der Waals surface area (Å²) in [4.78, 5) is 4.13. The fourth-order valence-corrected chi connectivity index (χ4v) is 3.32. The van der Waals surface area contributed by atoms with Crippen LogP contribution in [0.2, 0.25) is 0 Å². The van der Waals surface area contributed by atoms with Crippen LogP contribution in [-0.2, 0) is 16.4 Å². The van der Waals surface area contributed by atoms with E-state index in [1.54, 1.807) is 31.2 Å². The van der Waals surface area contributed by atoms with Gasteiger partial charge in [0.25, 0.3) is 5.89 Å². The third kappa shape index (κ3) is 4.20. The Morgan fingerprint density at radius 3 is 2.38 bits per heavy atom. The topological polar surface area (TPSA) is 85.1 Å². The molecule has 0 aliphatic carbocycles. The van der Waals surface area contributed by atoms with E-state index in [0.29, 0.717) is 23.8 Å². The van der Waals surface area contributed by atoms with Gasteiger partial charge in [-0.1, -0.05) is 35.5 Å². The molecule has 2 aromatic carbocycles. The summed E-state index contributed by atoms with van der Waals surface area (Å²) in [6.07, 6.45) is 0.468. The maximum atomic E-state index is 12.2. The molecule has 6 nitrogen and oxygen atoms in total. The highest BCUT2D eigenvalue weighted by atomic mass is 32.2. The molecule has 1 aromatic heterocycles. The van der Waals surface area contributed by atoms with Gasteiger partial charge in [0.1, 0.15) is 0 Å². The lowest BCUT2D eigenvalue weighted by Gasteiger charge is -2.08. The number of nitrogens with one attached hydrogen (secondary N) is 1. The highest BCUT2D eigenvalue weighted by Crippen LogP contribution is 2.20. The first-order valence-electron chi connectivity index (χ1n) is 7.47. The third-order valence-corrected chi connectivity index (χ3v) is 4.72. The standard InChI is InChI=1S/C17H17N3O3S/c1-13-18-17(23-19-13)15-7-9-16(10-8-15)20-24(21,22)12-11-14-5-3-2-4-6-14/h2-10,20H,11-12H2,1H3. The minimum atomic E-state index is -3.41. The van der Waals surface area contributed by atoms with Crippen molar-refractivity contribution in [2.24, 2.45) is 0 Å². The predicted molar refractivity (Wildman–Crippen MR) is 92.0 cm³/mol. The van der Waals surface area contributed by atoms with Crippen molar-refractivity contribution < 1.29 is 12.9 Å². The fourth-order valence-electron chi connectivity index (χ4n) is 2.22. The van der Waals surface area contributed by atoms with Crippen LogP contribution >= 0.6 is 0 Å². The van der Waals surface area contributed by atoms with E-state index in [9.17, 15) is 8.42 Å². The molecule has 0 spiro atoms. The van der Waals surface area contributed by atoms with Crippen LogP contribution in [0.15, 0.2) is 59.1 Å². The Balaban J connectivity index is 1.64. The number of aromatic nitrogens is 2. The number of sulfonamides is 1. The van der Waals surface area contributed by atoms with Crippen LogP contribution in [0.1, 0.15) is 11.4 Å². The van der Waals surface area contributed by atoms with Gasteiger partial charge < -0.3 is 4.52 Å². The molecule has 3 rings (SSSR count). The molecule has 1 N–H and O–H groups in total. The van der Waals surface area contributed by atoms with Crippen molar-refractivity contribution in [1.29, 1.82) is 0 Å². The molecule has 0 amide bonds. The lowest BCUT2D eigenvalue weighted by atomic mass is 10.2. The Kier molecular flexibility index (Phi) is 4.61. The lowest BCUT2D eigenvalue weighted by Crippen LogP contribution is -2.18. The summed E-state index contributed by atoms with van der Waals surface area (Å²) in [5.41, 5.74) is 2.23. The molecule has 3 aromatic rings. The van der Waals surface area contributed by atoms with Gasteiger partial charge in [0.2, 0.25) is 10.0 Å². The Morgan fingerprint density at radius 2 is 1.75 bits per heavy atom. The van der Waals surface area contributed by atoms with Crippen molar-refractivity contribution in [1.82, 2.24) is 10.1 Å². The molecular formula is C17H17N3O3S. The second kappa shape index (κ2) is 6.84. The SMILES string of the molecule is Cc1noc(-c2ccc(NS(=O)(=O)CCc3ccccc3)cc2)n1. The van der Waals surface area contributed by atoms with Crippen LogP contribution in [0.5, 0.6) is 0 Å². The van der Waals surface area contributed by atoms with E-state index >= 15 is 0 Å². The Hall–Kier alpha value is -2.67. The number of rotatable bonds is 6. The largest absolute Gasteiger partial charge is 0.334 e. The molecule has 0 unspecified atom stereocenters. The number of hydrogen-bond donors (Lipinski definition) is 1. The molecular weight excluding hydrogens is 326 g/mol. The lowest BCUT2D eigenvalue weighted by molar-refractivity contribution is 0.425. The zero-order valence-corrected chi connectivity index (χ0v) is 14.0. The van der Waals surface area contributed by atoms with Gasteiger partial charge in [0.15, 0.2) is 5.82 Å². The quantitative estimate of drug-likeness (QED) is 0.743. The van der Waals surface area contributed by atoms with Gasteiger partial charge in [0, 0.05) is 11.3 Å². The molecule has 0 aliphatic heterocycles. The number of aryl methyl sites for hydroxylation is 2. The molecule has 24 heavy (non-hydrogen) atoms. The molecule has 1 heterocycles. The number of hydrogen-bond acceptors (Lipinski definition) is 5. The molecule has 0 saturated carbocycles. The first-order chi connectivity index (χ1) is 11.5. The Morgan fingerprint density at radius 1 is 1.04 bits per heavy atom. The number of benzene rings is 2. The minimum Gasteiger partial charge on any atom is -0.334 e. The van der Waals surface area contributed by atoms with E-state index in [1.165, 1.54) is 0 Å². The Bertz CT molecular complexity index is 904. The van der Waals surface area contributed by atoms with Gasteiger partial charge >= 0.3 is 0 Å². The first kappa shape index (κ1) is 16.2. The van der Waals surface area contributed by atoms with Crippen LogP contribution in [0.3, 0.4) is 0 Å². The molecule has 124 valence electrons. The summed E-state index contributed by atoms with van der Waals surface area (Å²) in [5.74, 6) is 0.989. The smallest absolute Gasteiger partial charge is 0.257 e. The van der Waals surface area contributed by atoms with Crippen molar-refractivity contribution in [3.8, 4) is 11.5 Å². The first-order valence-corrected chi connectivity index (χ1v) is 9.12. The fraction of sp³-hybridized carbons (Fsp3) is 0.176. The van der Waals surface area contributed by atoms with Crippen LogP contribution in [0.25, 0.3) is 11.5 Å². The Labute approximate surface area is 140 Å². The monoisotopic (exact) mass is 343 g/mol. The van der Waals surface area contributed by atoms with Crippen molar-refractivity contribution in [2.75, 3.05) is 10.5 Å². The summed E-state index contributed by atoms with van der Waals surface area (Å²) in [5, 5.41) is 3.73. The second-order valence-corrected chi connectivity index (χ2v) is 7.22. The van der Waals surface area contributed by atoms with Crippen LogP contribution < -0.4 is 4.72 Å². The van der Waals surface area contributed by atoms with E-state index in [0.717, 1.165) is 11.1 Å². The van der Waals surface area contributed by atoms with E-state index in [4.69, 9.17) is 4.52 Å². The summed E-state index contributed by atoms with van der Waals surface area (Å²) in [6, 6.07) is 16.4. The maximum absolute atomic E-state index is 12.2. The van der Waals surface area contributed by atoms with Gasteiger partial charge in [-0.05, 0) is 43.2 Å². The average molecular weight is 343 g/mol. The highest BCUT2D eigenvalue weighted by molar-refractivity contribution is 7.92. The van der Waals surface area contributed by atoms with Gasteiger partial charge in [-0.15, -0.1) is 0 Å². The van der Waals surface area contributed by atoms with Crippen LogP contribution in [0, 0.1) is 6.92 Å². The zero-order valence-electron chi connectivity index (χ0n) is 13.1. The molecule has 0 aliphatic rings. The summed E-state index contributed by atoms with van der Waals surface area (Å²) in [7, 11) is -3.41. The van der Waals surface area contributed by atoms with Crippen molar-refractivity contribution in [3.05, 3.63) is 66.0 Å². The molecule has 0 saturated heterocycles. The van der Waals surface area contributed by atoms with E-state index in [1.807, 2.05) is 30.3 Å². The molecule has 0 bridgehead atoms. The molecule has 0 atom stereocenters. The van der Waals surface area contributed by atoms with Crippen LogP contribution in [-0.4, -0.2) is 24.3 Å². The van der Waals surface area contributed by atoms with Crippen LogP contribution in [0.4, 0.5) is 5.69 Å². The van der Waals surface area contributed by atoms with Gasteiger partial charge in [-0.3, -0.25) is 4.72 Å². The molecule has 7 heteroatoms. The predicted octanol–water partition coefficient (Wildman–Crippen LogP) is 3.03. The number of anilines is 1. The van der Waals surface area contributed by atoms with E-state index < -0.39 is 10.0 Å². The van der Waals surface area contributed by atoms with E-state index in [-0.39, 0.29) is 5.75 Å². The minimum absolute atomic E-state index is 0.0294.